The summed E-state index contributed by atoms with van der Waals surface area (Å²) in [4.78, 5) is 14.2. The van der Waals surface area contributed by atoms with Gasteiger partial charge in [0, 0.05) is 45.4 Å². The van der Waals surface area contributed by atoms with Crippen LogP contribution in [-0.4, -0.2) is 47.4 Å². The standard InChI is InChI=1S/C22H28N6OS/c30-22(23-13-18-8-5-11-29-18)26-21-24-19(27-9-3-4-10-27)12-20(25-21)28-14-16-6-1-2-7-17(16)15-28/h1-2,6-7,12,18H,3-5,8-11,13-15H2,(H2,23,24,25,26,30)/t18-/m1/s1. The van der Waals surface area contributed by atoms with E-state index < -0.39 is 0 Å². The molecule has 1 aromatic carbocycles. The van der Waals surface area contributed by atoms with Gasteiger partial charge in [0.05, 0.1) is 6.10 Å². The molecular weight excluding hydrogens is 396 g/mol. The molecule has 2 fully saturated rings. The average molecular weight is 425 g/mol. The van der Waals surface area contributed by atoms with E-state index in [9.17, 15) is 0 Å². The van der Waals surface area contributed by atoms with Gasteiger partial charge in [-0.2, -0.15) is 9.97 Å². The van der Waals surface area contributed by atoms with Crippen LogP contribution < -0.4 is 20.4 Å². The molecule has 5 rings (SSSR count). The second kappa shape index (κ2) is 8.73. The van der Waals surface area contributed by atoms with Gasteiger partial charge in [0.2, 0.25) is 5.95 Å². The molecule has 3 aliphatic heterocycles. The minimum absolute atomic E-state index is 0.236. The van der Waals surface area contributed by atoms with E-state index in [0.717, 1.165) is 57.3 Å². The SMILES string of the molecule is S=C(NC[C@H]1CCCO1)Nc1nc(N2CCCC2)cc(N2Cc3ccccc3C2)n1. The summed E-state index contributed by atoms with van der Waals surface area (Å²) in [5, 5.41) is 7.00. The largest absolute Gasteiger partial charge is 0.376 e. The van der Waals surface area contributed by atoms with E-state index in [0.29, 0.717) is 17.6 Å². The van der Waals surface area contributed by atoms with Crippen LogP contribution in [-0.2, 0) is 17.8 Å². The van der Waals surface area contributed by atoms with Crippen molar-refractivity contribution in [2.75, 3.05) is 41.4 Å². The van der Waals surface area contributed by atoms with E-state index in [1.807, 2.05) is 0 Å². The lowest BCUT2D eigenvalue weighted by Gasteiger charge is -2.22. The van der Waals surface area contributed by atoms with Crippen molar-refractivity contribution in [2.24, 2.45) is 0 Å². The van der Waals surface area contributed by atoms with E-state index in [4.69, 9.17) is 26.9 Å². The molecule has 0 radical (unpaired) electrons. The first-order valence-corrected chi connectivity index (χ1v) is 11.3. The molecule has 0 unspecified atom stereocenters. The van der Waals surface area contributed by atoms with E-state index >= 15 is 0 Å². The third kappa shape index (κ3) is 4.34. The number of aromatic nitrogens is 2. The van der Waals surface area contributed by atoms with E-state index in [-0.39, 0.29) is 6.10 Å². The number of rotatable bonds is 5. The summed E-state index contributed by atoms with van der Waals surface area (Å²) in [6.45, 7) is 5.37. The molecule has 30 heavy (non-hydrogen) atoms. The number of hydrogen-bond acceptors (Lipinski definition) is 6. The average Bonchev–Trinajstić information content (AvgIpc) is 3.53. The van der Waals surface area contributed by atoms with Crippen molar-refractivity contribution in [3.05, 3.63) is 41.5 Å². The van der Waals surface area contributed by atoms with Gasteiger partial charge >= 0.3 is 0 Å². The maximum atomic E-state index is 5.66. The van der Waals surface area contributed by atoms with E-state index in [1.54, 1.807) is 0 Å². The highest BCUT2D eigenvalue weighted by atomic mass is 32.1. The Morgan fingerprint density at radius 3 is 2.40 bits per heavy atom. The lowest BCUT2D eigenvalue weighted by Crippen LogP contribution is -2.35. The summed E-state index contributed by atoms with van der Waals surface area (Å²) in [7, 11) is 0. The Bertz CT molecular complexity index is 885. The zero-order valence-corrected chi connectivity index (χ0v) is 18.0. The molecule has 0 bridgehead atoms. The summed E-state index contributed by atoms with van der Waals surface area (Å²) < 4.78 is 5.66. The summed E-state index contributed by atoms with van der Waals surface area (Å²) in [6, 6.07) is 10.7. The highest BCUT2D eigenvalue weighted by Crippen LogP contribution is 2.30. The lowest BCUT2D eigenvalue weighted by atomic mass is 10.1. The molecule has 1 atom stereocenters. The highest BCUT2D eigenvalue weighted by molar-refractivity contribution is 7.80. The van der Waals surface area contributed by atoms with Crippen LogP contribution in [0.25, 0.3) is 0 Å². The van der Waals surface area contributed by atoms with Crippen molar-refractivity contribution in [1.82, 2.24) is 15.3 Å². The predicted molar refractivity (Wildman–Crippen MR) is 123 cm³/mol. The topological polar surface area (TPSA) is 65.6 Å². The second-order valence-corrected chi connectivity index (χ2v) is 8.61. The fraction of sp³-hybridized carbons (Fsp3) is 0.500. The van der Waals surface area contributed by atoms with Crippen LogP contribution in [0.15, 0.2) is 30.3 Å². The van der Waals surface area contributed by atoms with Gasteiger partial charge < -0.3 is 25.2 Å². The number of anilines is 3. The first-order chi connectivity index (χ1) is 14.7. The zero-order chi connectivity index (χ0) is 20.3. The molecular formula is C22H28N6OS. The molecule has 2 N–H and O–H groups in total. The Morgan fingerprint density at radius 1 is 1.03 bits per heavy atom. The molecule has 7 nitrogen and oxygen atoms in total. The summed E-state index contributed by atoms with van der Waals surface area (Å²) in [6.07, 6.45) is 4.85. The van der Waals surface area contributed by atoms with Gasteiger partial charge in [-0.25, -0.2) is 0 Å². The Morgan fingerprint density at radius 2 is 1.73 bits per heavy atom. The molecule has 3 aliphatic rings. The Balaban J connectivity index is 1.33. The van der Waals surface area contributed by atoms with Gasteiger partial charge in [-0.15, -0.1) is 0 Å². The Kier molecular flexibility index (Phi) is 5.68. The monoisotopic (exact) mass is 424 g/mol. The fourth-order valence-corrected chi connectivity index (χ4v) is 4.58. The molecule has 0 saturated carbocycles. The van der Waals surface area contributed by atoms with Crippen molar-refractivity contribution < 1.29 is 4.74 Å². The van der Waals surface area contributed by atoms with Crippen LogP contribution in [0.2, 0.25) is 0 Å². The summed E-state index contributed by atoms with van der Waals surface area (Å²) in [5.74, 6) is 2.46. The van der Waals surface area contributed by atoms with Crippen LogP contribution in [0, 0.1) is 0 Å². The van der Waals surface area contributed by atoms with E-state index in [1.165, 1.54) is 24.0 Å². The van der Waals surface area contributed by atoms with Crippen molar-refractivity contribution in [3.8, 4) is 0 Å². The number of benzene rings is 1. The highest BCUT2D eigenvalue weighted by Gasteiger charge is 2.23. The normalized spacial score (nSPS) is 20.5. The van der Waals surface area contributed by atoms with E-state index in [2.05, 4.69) is 50.8 Å². The predicted octanol–water partition coefficient (Wildman–Crippen LogP) is 3.06. The Hall–Kier alpha value is -2.45. The van der Waals surface area contributed by atoms with Gasteiger partial charge in [0.15, 0.2) is 5.11 Å². The first-order valence-electron chi connectivity index (χ1n) is 10.9. The van der Waals surface area contributed by atoms with Crippen molar-refractivity contribution in [2.45, 2.75) is 44.9 Å². The van der Waals surface area contributed by atoms with Crippen LogP contribution in [0.5, 0.6) is 0 Å². The maximum absolute atomic E-state index is 5.66. The number of hydrogen-bond donors (Lipinski definition) is 2. The lowest BCUT2D eigenvalue weighted by molar-refractivity contribution is 0.114. The minimum atomic E-state index is 0.236. The second-order valence-electron chi connectivity index (χ2n) is 8.20. The zero-order valence-electron chi connectivity index (χ0n) is 17.1. The third-order valence-electron chi connectivity index (χ3n) is 6.03. The molecule has 2 aromatic rings. The number of nitrogens with zero attached hydrogens (tertiary/aromatic N) is 4. The summed E-state index contributed by atoms with van der Waals surface area (Å²) >= 11 is 5.50. The van der Waals surface area contributed by atoms with Crippen LogP contribution >= 0.6 is 12.2 Å². The smallest absolute Gasteiger partial charge is 0.232 e. The third-order valence-corrected chi connectivity index (χ3v) is 6.28. The van der Waals surface area contributed by atoms with Gasteiger partial charge in [0.1, 0.15) is 11.6 Å². The molecule has 4 heterocycles. The number of ether oxygens (including phenoxy) is 1. The minimum Gasteiger partial charge on any atom is -0.376 e. The number of thiocarbonyl (C=S) groups is 1. The van der Waals surface area contributed by atoms with Crippen LogP contribution in [0.3, 0.4) is 0 Å². The molecule has 0 aliphatic carbocycles. The Labute approximate surface area is 182 Å². The number of fused-ring (bicyclic) bond motifs is 1. The molecule has 1 aromatic heterocycles. The molecule has 2 saturated heterocycles. The van der Waals surface area contributed by atoms with Crippen molar-refractivity contribution in [3.63, 3.8) is 0 Å². The molecule has 0 amide bonds. The molecule has 0 spiro atoms. The van der Waals surface area contributed by atoms with Gasteiger partial charge in [-0.05, 0) is 49.0 Å². The van der Waals surface area contributed by atoms with Crippen molar-refractivity contribution >= 4 is 34.9 Å². The van der Waals surface area contributed by atoms with Crippen molar-refractivity contribution in [1.29, 1.82) is 0 Å². The van der Waals surface area contributed by atoms with Crippen LogP contribution in [0.1, 0.15) is 36.8 Å². The first kappa shape index (κ1) is 19.5. The van der Waals surface area contributed by atoms with Gasteiger partial charge in [-0.1, -0.05) is 24.3 Å². The summed E-state index contributed by atoms with van der Waals surface area (Å²) in [5.41, 5.74) is 2.73. The number of nitrogens with one attached hydrogen (secondary N) is 2. The maximum Gasteiger partial charge on any atom is 0.232 e. The van der Waals surface area contributed by atoms with Crippen LogP contribution in [0.4, 0.5) is 17.6 Å². The van der Waals surface area contributed by atoms with Gasteiger partial charge in [0.25, 0.3) is 0 Å². The fourth-order valence-electron chi connectivity index (χ4n) is 4.40. The van der Waals surface area contributed by atoms with Gasteiger partial charge in [-0.3, -0.25) is 0 Å². The molecule has 158 valence electrons. The molecule has 8 heteroatoms. The quantitative estimate of drug-likeness (QED) is 0.710.